The Hall–Kier alpha value is -3.19. The average Bonchev–Trinajstić information content (AvgIpc) is 3.15. The lowest BCUT2D eigenvalue weighted by atomic mass is 9.99. The number of anilines is 2. The molecule has 0 aliphatic carbocycles. The van der Waals surface area contributed by atoms with E-state index in [2.05, 4.69) is 25.9 Å². The first kappa shape index (κ1) is 18.2. The highest BCUT2D eigenvalue weighted by Crippen LogP contribution is 2.30. The van der Waals surface area contributed by atoms with Gasteiger partial charge < -0.3 is 4.90 Å². The lowest BCUT2D eigenvalue weighted by Crippen LogP contribution is -2.35. The molecule has 0 saturated carbocycles. The molecule has 1 aliphatic rings. The van der Waals surface area contributed by atoms with Crippen molar-refractivity contribution in [1.82, 2.24) is 19.7 Å². The quantitative estimate of drug-likeness (QED) is 0.714. The van der Waals surface area contributed by atoms with Crippen molar-refractivity contribution < 1.29 is 8.42 Å². The van der Waals surface area contributed by atoms with E-state index >= 15 is 0 Å². The molecule has 0 radical (unpaired) electrons. The van der Waals surface area contributed by atoms with Gasteiger partial charge in [0.1, 0.15) is 4.90 Å². The number of sulfonamides is 1. The summed E-state index contributed by atoms with van der Waals surface area (Å²) in [4.78, 5) is 11.2. The smallest absolute Gasteiger partial charge is 0.266 e. The Balaban J connectivity index is 1.75. The van der Waals surface area contributed by atoms with Gasteiger partial charge in [0, 0.05) is 32.3 Å². The van der Waals surface area contributed by atoms with Crippen LogP contribution in [0.25, 0.3) is 11.0 Å². The van der Waals surface area contributed by atoms with Crippen LogP contribution in [0.2, 0.25) is 0 Å². The molecular weight excluding hydrogens is 378 g/mol. The van der Waals surface area contributed by atoms with E-state index in [1.807, 2.05) is 23.1 Å². The fraction of sp³-hybridized carbons (Fsp3) is 0.333. The van der Waals surface area contributed by atoms with E-state index in [-0.39, 0.29) is 16.6 Å². The van der Waals surface area contributed by atoms with Crippen LogP contribution in [0.15, 0.2) is 41.6 Å². The Labute approximate surface area is 162 Å². The SMILES string of the molecule is Cn1cc(S(=O)(=O)Nc2nc3ccccc3nc2N2CCC(C#N)CC2)cn1. The molecule has 1 aromatic carbocycles. The third-order valence-corrected chi connectivity index (χ3v) is 6.05. The van der Waals surface area contributed by atoms with Crippen LogP contribution in [0.5, 0.6) is 0 Å². The number of hydrogen-bond donors (Lipinski definition) is 1. The first-order valence-corrected chi connectivity index (χ1v) is 10.4. The molecule has 0 bridgehead atoms. The Kier molecular flexibility index (Phi) is 4.60. The minimum Gasteiger partial charge on any atom is -0.353 e. The molecule has 4 rings (SSSR count). The van der Waals surface area contributed by atoms with Crippen molar-refractivity contribution in [3.8, 4) is 6.07 Å². The number of aromatic nitrogens is 4. The molecule has 28 heavy (non-hydrogen) atoms. The van der Waals surface area contributed by atoms with Gasteiger partial charge in [-0.15, -0.1) is 0 Å². The number of hydrogen-bond acceptors (Lipinski definition) is 7. The number of nitrogens with zero attached hydrogens (tertiary/aromatic N) is 6. The molecule has 3 aromatic rings. The first-order chi connectivity index (χ1) is 13.5. The van der Waals surface area contributed by atoms with Gasteiger partial charge in [0.05, 0.1) is 23.3 Å². The average molecular weight is 397 g/mol. The lowest BCUT2D eigenvalue weighted by Gasteiger charge is -2.31. The fourth-order valence-electron chi connectivity index (χ4n) is 3.22. The van der Waals surface area contributed by atoms with Gasteiger partial charge in [0.2, 0.25) is 0 Å². The summed E-state index contributed by atoms with van der Waals surface area (Å²) in [5.41, 5.74) is 1.28. The number of rotatable bonds is 4. The van der Waals surface area contributed by atoms with Crippen LogP contribution in [0.3, 0.4) is 0 Å². The molecule has 0 spiro atoms. The van der Waals surface area contributed by atoms with E-state index in [4.69, 9.17) is 5.26 Å². The number of aryl methyl sites for hydroxylation is 1. The molecular formula is C18H19N7O2S. The summed E-state index contributed by atoms with van der Waals surface area (Å²) in [6, 6.07) is 9.62. The van der Waals surface area contributed by atoms with Gasteiger partial charge in [0.15, 0.2) is 11.6 Å². The second kappa shape index (κ2) is 7.09. The second-order valence-electron chi connectivity index (χ2n) is 6.73. The molecule has 1 fully saturated rings. The maximum atomic E-state index is 12.8. The summed E-state index contributed by atoms with van der Waals surface area (Å²) in [7, 11) is -2.20. The zero-order valence-corrected chi connectivity index (χ0v) is 16.1. The van der Waals surface area contributed by atoms with Crippen LogP contribution in [0, 0.1) is 17.2 Å². The predicted octanol–water partition coefficient (Wildman–Crippen LogP) is 1.90. The van der Waals surface area contributed by atoms with E-state index in [9.17, 15) is 8.42 Å². The van der Waals surface area contributed by atoms with Gasteiger partial charge in [-0.2, -0.15) is 10.4 Å². The van der Waals surface area contributed by atoms with Gasteiger partial charge >= 0.3 is 0 Å². The molecule has 1 saturated heterocycles. The fourth-order valence-corrected chi connectivity index (χ4v) is 4.21. The minimum atomic E-state index is -3.85. The summed E-state index contributed by atoms with van der Waals surface area (Å²) in [5.74, 6) is 0.667. The van der Waals surface area contributed by atoms with Gasteiger partial charge in [-0.1, -0.05) is 12.1 Å². The highest BCUT2D eigenvalue weighted by molar-refractivity contribution is 7.92. The van der Waals surface area contributed by atoms with E-state index in [0.717, 1.165) is 0 Å². The monoisotopic (exact) mass is 397 g/mol. The van der Waals surface area contributed by atoms with Crippen LogP contribution in [0.4, 0.5) is 11.6 Å². The number of piperidine rings is 1. The summed E-state index contributed by atoms with van der Waals surface area (Å²) in [5, 5.41) is 13.1. The number of para-hydroxylation sites is 2. The predicted molar refractivity (Wildman–Crippen MR) is 104 cm³/mol. The van der Waals surface area contributed by atoms with Crippen molar-refractivity contribution in [3.63, 3.8) is 0 Å². The molecule has 0 amide bonds. The van der Waals surface area contributed by atoms with Gasteiger partial charge in [-0.3, -0.25) is 9.40 Å². The molecule has 0 unspecified atom stereocenters. The minimum absolute atomic E-state index is 0.0141. The Morgan fingerprint density at radius 1 is 1.18 bits per heavy atom. The van der Waals surface area contributed by atoms with E-state index in [0.29, 0.717) is 42.8 Å². The maximum absolute atomic E-state index is 12.8. The van der Waals surface area contributed by atoms with Crippen molar-refractivity contribution in [2.75, 3.05) is 22.7 Å². The summed E-state index contributed by atoms with van der Waals surface area (Å²) >= 11 is 0. The third-order valence-electron chi connectivity index (χ3n) is 4.75. The molecule has 1 aliphatic heterocycles. The Morgan fingerprint density at radius 2 is 1.86 bits per heavy atom. The topological polar surface area (TPSA) is 117 Å². The maximum Gasteiger partial charge on any atom is 0.266 e. The Morgan fingerprint density at radius 3 is 2.46 bits per heavy atom. The molecule has 3 heterocycles. The molecule has 10 heteroatoms. The zero-order valence-electron chi connectivity index (χ0n) is 15.3. The van der Waals surface area contributed by atoms with Crippen molar-refractivity contribution in [1.29, 1.82) is 5.26 Å². The number of nitrogens with one attached hydrogen (secondary N) is 1. The third kappa shape index (κ3) is 3.48. The van der Waals surface area contributed by atoms with Crippen LogP contribution in [-0.4, -0.2) is 41.3 Å². The van der Waals surface area contributed by atoms with Crippen LogP contribution >= 0.6 is 0 Å². The highest BCUT2D eigenvalue weighted by Gasteiger charge is 2.26. The van der Waals surface area contributed by atoms with Crippen molar-refractivity contribution in [2.45, 2.75) is 17.7 Å². The molecule has 1 N–H and O–H groups in total. The van der Waals surface area contributed by atoms with Crippen LogP contribution in [0.1, 0.15) is 12.8 Å². The van der Waals surface area contributed by atoms with E-state index in [1.54, 1.807) is 13.1 Å². The van der Waals surface area contributed by atoms with Crippen molar-refractivity contribution in [3.05, 3.63) is 36.7 Å². The number of fused-ring (bicyclic) bond motifs is 1. The number of nitriles is 1. The second-order valence-corrected chi connectivity index (χ2v) is 8.41. The number of benzene rings is 1. The van der Waals surface area contributed by atoms with Crippen LogP contribution < -0.4 is 9.62 Å². The lowest BCUT2D eigenvalue weighted by molar-refractivity contribution is 0.485. The molecule has 0 atom stereocenters. The summed E-state index contributed by atoms with van der Waals surface area (Å²) < 4.78 is 29.6. The molecule has 2 aromatic heterocycles. The van der Waals surface area contributed by atoms with Gasteiger partial charge in [0.25, 0.3) is 10.0 Å². The first-order valence-electron chi connectivity index (χ1n) is 8.89. The van der Waals surface area contributed by atoms with Gasteiger partial charge in [-0.25, -0.2) is 18.4 Å². The van der Waals surface area contributed by atoms with Crippen molar-refractivity contribution >= 4 is 32.7 Å². The Bertz CT molecular complexity index is 1160. The van der Waals surface area contributed by atoms with E-state index in [1.165, 1.54) is 17.1 Å². The molecule has 9 nitrogen and oxygen atoms in total. The largest absolute Gasteiger partial charge is 0.353 e. The zero-order chi connectivity index (χ0) is 19.7. The molecule has 144 valence electrons. The normalized spacial score (nSPS) is 15.5. The summed E-state index contributed by atoms with van der Waals surface area (Å²) in [6.45, 7) is 1.24. The standard InChI is InChI=1S/C18H19N7O2S/c1-24-12-14(11-20-24)28(26,27)23-17-18(25-8-6-13(10-19)7-9-25)22-16-5-3-2-4-15(16)21-17/h2-5,11-13H,6-9H2,1H3,(H,21,23). The van der Waals surface area contributed by atoms with Crippen LogP contribution in [-0.2, 0) is 17.1 Å². The highest BCUT2D eigenvalue weighted by atomic mass is 32.2. The summed E-state index contributed by atoms with van der Waals surface area (Å²) in [6.07, 6.45) is 4.13. The van der Waals surface area contributed by atoms with Gasteiger partial charge in [-0.05, 0) is 25.0 Å². The van der Waals surface area contributed by atoms with Crippen molar-refractivity contribution in [2.24, 2.45) is 13.0 Å². The van der Waals surface area contributed by atoms with E-state index < -0.39 is 10.0 Å².